The highest BCUT2D eigenvalue weighted by Gasteiger charge is 2.53. The summed E-state index contributed by atoms with van der Waals surface area (Å²) < 4.78 is 16.6. The minimum atomic E-state index is -1.13. The Bertz CT molecular complexity index is 1040. The van der Waals surface area contributed by atoms with Crippen LogP contribution in [0.4, 0.5) is 0 Å². The van der Waals surface area contributed by atoms with Gasteiger partial charge in [-0.1, -0.05) is 60.7 Å². The number of hydrogen-bond donors (Lipinski definition) is 1. The molecule has 1 unspecified atom stereocenters. The second-order valence-electron chi connectivity index (χ2n) is 7.59. The van der Waals surface area contributed by atoms with Crippen LogP contribution in [0.15, 0.2) is 71.9 Å². The SMILES string of the molecule is COC(OC(C)=O)C1=C(C(=O)OC(c2ccccc2)c2ccccc2)N2C(=O)[C@H](N)[C@H]2SC1. The predicted molar refractivity (Wildman–Crippen MR) is 121 cm³/mol. The molecular weight excluding hydrogens is 444 g/mol. The molecular formula is C24H24N2O6S. The smallest absolute Gasteiger partial charge is 0.356 e. The largest absolute Gasteiger partial charge is 0.448 e. The molecule has 2 heterocycles. The molecule has 172 valence electrons. The lowest BCUT2D eigenvalue weighted by atomic mass is 10.0. The van der Waals surface area contributed by atoms with Crippen molar-refractivity contribution in [1.82, 2.24) is 4.90 Å². The first-order valence-corrected chi connectivity index (χ1v) is 11.4. The maximum atomic E-state index is 13.6. The van der Waals surface area contributed by atoms with Gasteiger partial charge >= 0.3 is 11.9 Å². The van der Waals surface area contributed by atoms with Crippen molar-refractivity contribution >= 4 is 29.6 Å². The topological polar surface area (TPSA) is 108 Å². The molecule has 0 radical (unpaired) electrons. The number of nitrogens with two attached hydrogens (primary N) is 1. The number of esters is 2. The highest BCUT2D eigenvalue weighted by molar-refractivity contribution is 8.00. The monoisotopic (exact) mass is 468 g/mol. The molecule has 0 saturated carbocycles. The third kappa shape index (κ3) is 4.52. The summed E-state index contributed by atoms with van der Waals surface area (Å²) in [6.07, 6.45) is -1.84. The first-order chi connectivity index (χ1) is 15.9. The Balaban J connectivity index is 1.74. The number of amides is 1. The van der Waals surface area contributed by atoms with Crippen LogP contribution in [0.1, 0.15) is 24.2 Å². The van der Waals surface area contributed by atoms with Crippen molar-refractivity contribution in [3.63, 3.8) is 0 Å². The lowest BCUT2D eigenvalue weighted by Crippen LogP contribution is -2.68. The number of ether oxygens (including phenoxy) is 3. The van der Waals surface area contributed by atoms with Crippen molar-refractivity contribution in [2.75, 3.05) is 12.9 Å². The Labute approximate surface area is 195 Å². The molecule has 0 bridgehead atoms. The first kappa shape index (κ1) is 23.0. The van der Waals surface area contributed by atoms with Crippen LogP contribution in [0.25, 0.3) is 0 Å². The molecule has 2 aliphatic rings. The molecule has 1 amide bonds. The number of thioether (sulfide) groups is 1. The van der Waals surface area contributed by atoms with Crippen LogP contribution in [-0.2, 0) is 28.6 Å². The molecule has 0 aromatic heterocycles. The fraction of sp³-hybridized carbons (Fsp3) is 0.292. The van der Waals surface area contributed by atoms with Gasteiger partial charge in [0, 0.05) is 25.4 Å². The second-order valence-corrected chi connectivity index (χ2v) is 8.70. The third-order valence-electron chi connectivity index (χ3n) is 5.43. The molecule has 0 spiro atoms. The number of carbonyl (C=O) groups is 3. The van der Waals surface area contributed by atoms with Crippen LogP contribution in [0, 0.1) is 0 Å². The van der Waals surface area contributed by atoms with Crippen molar-refractivity contribution in [3.8, 4) is 0 Å². The summed E-state index contributed by atoms with van der Waals surface area (Å²) in [5, 5.41) is -0.398. The van der Waals surface area contributed by atoms with E-state index in [2.05, 4.69) is 0 Å². The zero-order chi connectivity index (χ0) is 23.5. The van der Waals surface area contributed by atoms with Gasteiger partial charge in [-0.2, -0.15) is 0 Å². The van der Waals surface area contributed by atoms with Crippen molar-refractivity contribution in [2.45, 2.75) is 30.7 Å². The molecule has 1 saturated heterocycles. The summed E-state index contributed by atoms with van der Waals surface area (Å²) in [6, 6.07) is 17.9. The van der Waals surface area contributed by atoms with E-state index in [4.69, 9.17) is 19.9 Å². The average Bonchev–Trinajstić information content (AvgIpc) is 2.85. The summed E-state index contributed by atoms with van der Waals surface area (Å²) >= 11 is 1.38. The van der Waals surface area contributed by atoms with Crippen molar-refractivity contribution in [1.29, 1.82) is 0 Å². The Hall–Kier alpha value is -3.14. The first-order valence-electron chi connectivity index (χ1n) is 10.4. The Morgan fingerprint density at radius 2 is 1.61 bits per heavy atom. The zero-order valence-corrected chi connectivity index (χ0v) is 19.0. The molecule has 2 aromatic rings. The fourth-order valence-corrected chi connectivity index (χ4v) is 5.17. The number of carbonyl (C=O) groups excluding carboxylic acids is 3. The summed E-state index contributed by atoms with van der Waals surface area (Å²) in [6.45, 7) is 1.24. The number of methoxy groups -OCH3 is 1. The summed E-state index contributed by atoms with van der Waals surface area (Å²) in [4.78, 5) is 39.1. The lowest BCUT2D eigenvalue weighted by Gasteiger charge is -2.48. The van der Waals surface area contributed by atoms with E-state index in [1.165, 1.54) is 30.7 Å². The van der Waals surface area contributed by atoms with Crippen LogP contribution in [0.5, 0.6) is 0 Å². The van der Waals surface area contributed by atoms with E-state index in [0.29, 0.717) is 11.3 Å². The van der Waals surface area contributed by atoms with Gasteiger partial charge in [-0.05, 0) is 11.1 Å². The standard InChI is InChI=1S/C24H24N2O6S/c1-14(27)31-24(30-2)17-13-33-22-18(25)21(28)26(22)19(17)23(29)32-20(15-9-5-3-6-10-15)16-11-7-4-8-12-16/h3-12,18,20,22,24H,13,25H2,1-2H3/t18-,22+,24?/m0/s1. The molecule has 2 aromatic carbocycles. The van der Waals surface area contributed by atoms with Crippen molar-refractivity contribution in [2.24, 2.45) is 5.73 Å². The molecule has 9 heteroatoms. The molecule has 3 atom stereocenters. The van der Waals surface area contributed by atoms with Gasteiger partial charge in [0.2, 0.25) is 12.2 Å². The number of fused-ring (bicyclic) bond motifs is 1. The molecule has 2 N–H and O–H groups in total. The van der Waals surface area contributed by atoms with Crippen LogP contribution in [0.2, 0.25) is 0 Å². The van der Waals surface area contributed by atoms with Gasteiger partial charge in [-0.15, -0.1) is 11.8 Å². The van der Waals surface area contributed by atoms with Gasteiger partial charge in [0.25, 0.3) is 0 Å². The fourth-order valence-electron chi connectivity index (χ4n) is 3.87. The van der Waals surface area contributed by atoms with Gasteiger partial charge < -0.3 is 19.9 Å². The number of hydrogen-bond acceptors (Lipinski definition) is 8. The highest BCUT2D eigenvalue weighted by Crippen LogP contribution is 2.42. The average molecular weight is 469 g/mol. The van der Waals surface area contributed by atoms with E-state index in [9.17, 15) is 14.4 Å². The number of nitrogens with zero attached hydrogens (tertiary/aromatic N) is 1. The second kappa shape index (κ2) is 9.78. The molecule has 0 aliphatic carbocycles. The van der Waals surface area contributed by atoms with E-state index < -0.39 is 41.7 Å². The Morgan fingerprint density at radius 1 is 1.03 bits per heavy atom. The third-order valence-corrected chi connectivity index (χ3v) is 6.76. The number of benzene rings is 2. The lowest BCUT2D eigenvalue weighted by molar-refractivity contribution is -0.165. The van der Waals surface area contributed by atoms with Crippen LogP contribution in [0.3, 0.4) is 0 Å². The summed E-state index contributed by atoms with van der Waals surface area (Å²) in [5.41, 5.74) is 7.86. The van der Waals surface area contributed by atoms with E-state index in [1.807, 2.05) is 60.7 Å². The number of rotatable bonds is 7. The van der Waals surface area contributed by atoms with Gasteiger partial charge in [-0.25, -0.2) is 4.79 Å². The number of β-lactam (4-membered cyclic amide) rings is 1. The predicted octanol–water partition coefficient (Wildman–Crippen LogP) is 2.35. The van der Waals surface area contributed by atoms with Gasteiger partial charge in [0.05, 0.1) is 0 Å². The van der Waals surface area contributed by atoms with Crippen LogP contribution in [-0.4, -0.2) is 53.3 Å². The Morgan fingerprint density at radius 3 is 2.12 bits per heavy atom. The van der Waals surface area contributed by atoms with Crippen LogP contribution >= 0.6 is 11.8 Å². The quantitative estimate of drug-likeness (QED) is 0.375. The van der Waals surface area contributed by atoms with Crippen molar-refractivity contribution in [3.05, 3.63) is 83.1 Å². The van der Waals surface area contributed by atoms with Crippen LogP contribution < -0.4 is 5.73 Å². The minimum Gasteiger partial charge on any atom is -0.448 e. The molecule has 33 heavy (non-hydrogen) atoms. The Kier molecular flexibility index (Phi) is 6.83. The normalized spacial score (nSPS) is 20.7. The maximum absolute atomic E-state index is 13.6. The molecule has 8 nitrogen and oxygen atoms in total. The molecule has 2 aliphatic heterocycles. The minimum absolute atomic E-state index is 0.00964. The van der Waals surface area contributed by atoms with E-state index in [1.54, 1.807) is 0 Å². The van der Waals surface area contributed by atoms with Gasteiger partial charge in [0.15, 0.2) is 6.10 Å². The summed E-state index contributed by atoms with van der Waals surface area (Å²) in [7, 11) is 1.36. The maximum Gasteiger partial charge on any atom is 0.356 e. The highest BCUT2D eigenvalue weighted by atomic mass is 32.2. The summed E-state index contributed by atoms with van der Waals surface area (Å²) in [5.74, 6) is -1.40. The molecule has 4 rings (SSSR count). The van der Waals surface area contributed by atoms with Gasteiger partial charge in [0.1, 0.15) is 17.1 Å². The van der Waals surface area contributed by atoms with E-state index in [-0.39, 0.29) is 5.70 Å². The molecule has 1 fully saturated rings. The zero-order valence-electron chi connectivity index (χ0n) is 18.2. The van der Waals surface area contributed by atoms with E-state index in [0.717, 1.165) is 11.1 Å². The van der Waals surface area contributed by atoms with E-state index >= 15 is 0 Å². The van der Waals surface area contributed by atoms with Gasteiger partial charge in [-0.3, -0.25) is 14.5 Å². The van der Waals surface area contributed by atoms with Crippen molar-refractivity contribution < 1.29 is 28.6 Å².